The monoisotopic (exact) mass is 260 g/mol. The Hall–Kier alpha value is -1.54. The molecule has 0 fully saturated rings. The molecule has 1 aromatic carbocycles. The van der Waals surface area contributed by atoms with Crippen LogP contribution >= 0.6 is 11.6 Å². The van der Waals surface area contributed by atoms with Crippen molar-refractivity contribution in [2.24, 2.45) is 0 Å². The van der Waals surface area contributed by atoms with E-state index >= 15 is 0 Å². The molecule has 0 saturated carbocycles. The number of anilines is 1. The van der Waals surface area contributed by atoms with E-state index in [2.05, 4.69) is 34.6 Å². The highest BCUT2D eigenvalue weighted by Gasteiger charge is 1.97. The molecular formula is C15H17ClN2. The van der Waals surface area contributed by atoms with Crippen LogP contribution in [0.3, 0.4) is 0 Å². The number of pyridine rings is 1. The smallest absolute Gasteiger partial charge is 0.0597 e. The number of nitrogens with one attached hydrogen (secondary N) is 1. The van der Waals surface area contributed by atoms with Gasteiger partial charge < -0.3 is 5.32 Å². The summed E-state index contributed by atoms with van der Waals surface area (Å²) in [6.45, 7) is 2.75. The number of aromatic nitrogens is 1. The summed E-state index contributed by atoms with van der Waals surface area (Å²) in [5.41, 5.74) is 4.48. The summed E-state index contributed by atoms with van der Waals surface area (Å²) in [6.07, 6.45) is 0.918. The van der Waals surface area contributed by atoms with E-state index in [4.69, 9.17) is 11.6 Å². The van der Waals surface area contributed by atoms with Crippen molar-refractivity contribution in [2.75, 3.05) is 11.2 Å². The van der Waals surface area contributed by atoms with Gasteiger partial charge in [0.2, 0.25) is 0 Å². The Morgan fingerprint density at radius 2 is 1.89 bits per heavy atom. The molecule has 2 rings (SSSR count). The normalized spacial score (nSPS) is 10.3. The molecule has 2 nitrogen and oxygen atoms in total. The highest BCUT2D eigenvalue weighted by atomic mass is 35.5. The Bertz CT molecular complexity index is 494. The quantitative estimate of drug-likeness (QED) is 0.828. The standard InChI is InChI=1S/C15H17ClN2/c1-12-3-2-4-15(18-12)11-17-14-7-5-13(6-8-14)9-10-16/h2-8,17H,9-11H2,1H3. The maximum Gasteiger partial charge on any atom is 0.0597 e. The lowest BCUT2D eigenvalue weighted by atomic mass is 10.1. The molecule has 2 aromatic rings. The lowest BCUT2D eigenvalue weighted by Gasteiger charge is -2.07. The Kier molecular flexibility index (Phi) is 4.59. The number of alkyl halides is 1. The van der Waals surface area contributed by atoms with Crippen molar-refractivity contribution in [3.05, 3.63) is 59.4 Å². The molecule has 0 unspecified atom stereocenters. The van der Waals surface area contributed by atoms with Crippen molar-refractivity contribution in [2.45, 2.75) is 19.9 Å². The summed E-state index contributed by atoms with van der Waals surface area (Å²) in [7, 11) is 0. The van der Waals surface area contributed by atoms with Gasteiger partial charge in [-0.15, -0.1) is 11.6 Å². The minimum Gasteiger partial charge on any atom is -0.379 e. The largest absolute Gasteiger partial charge is 0.379 e. The zero-order valence-electron chi connectivity index (χ0n) is 10.5. The summed E-state index contributed by atoms with van der Waals surface area (Å²) >= 11 is 5.71. The molecule has 94 valence electrons. The number of nitrogens with zero attached hydrogens (tertiary/aromatic N) is 1. The first-order valence-electron chi connectivity index (χ1n) is 6.09. The van der Waals surface area contributed by atoms with Crippen LogP contribution in [0, 0.1) is 6.92 Å². The van der Waals surface area contributed by atoms with E-state index in [1.807, 2.05) is 25.1 Å². The molecule has 1 heterocycles. The Balaban J connectivity index is 1.93. The summed E-state index contributed by atoms with van der Waals surface area (Å²) in [4.78, 5) is 4.46. The molecule has 0 amide bonds. The number of hydrogen-bond donors (Lipinski definition) is 1. The molecular weight excluding hydrogens is 244 g/mol. The van der Waals surface area contributed by atoms with Crippen LogP contribution in [0.5, 0.6) is 0 Å². The predicted molar refractivity (Wildman–Crippen MR) is 77.2 cm³/mol. The molecule has 0 bridgehead atoms. The lowest BCUT2D eigenvalue weighted by Crippen LogP contribution is -2.02. The number of hydrogen-bond acceptors (Lipinski definition) is 2. The molecule has 0 aliphatic carbocycles. The average molecular weight is 261 g/mol. The van der Waals surface area contributed by atoms with Gasteiger partial charge in [0, 0.05) is 17.3 Å². The highest BCUT2D eigenvalue weighted by molar-refractivity contribution is 6.17. The first kappa shape index (κ1) is 12.9. The van der Waals surface area contributed by atoms with Crippen molar-refractivity contribution in [1.29, 1.82) is 0 Å². The van der Waals surface area contributed by atoms with Crippen molar-refractivity contribution in [3.8, 4) is 0 Å². The molecule has 0 saturated heterocycles. The predicted octanol–water partition coefficient (Wildman–Crippen LogP) is 3.78. The zero-order chi connectivity index (χ0) is 12.8. The van der Waals surface area contributed by atoms with E-state index in [-0.39, 0.29) is 0 Å². The first-order chi connectivity index (χ1) is 8.78. The van der Waals surface area contributed by atoms with Gasteiger partial charge in [-0.3, -0.25) is 4.98 Å². The molecule has 0 aliphatic heterocycles. The fraction of sp³-hybridized carbons (Fsp3) is 0.267. The van der Waals surface area contributed by atoms with Crippen molar-refractivity contribution < 1.29 is 0 Å². The summed E-state index contributed by atoms with van der Waals surface area (Å²) in [5, 5.41) is 3.36. The number of halogens is 1. The van der Waals surface area contributed by atoms with Crippen LogP contribution in [-0.2, 0) is 13.0 Å². The molecule has 0 radical (unpaired) electrons. The van der Waals surface area contributed by atoms with E-state index in [1.54, 1.807) is 0 Å². The van der Waals surface area contributed by atoms with Gasteiger partial charge in [-0.1, -0.05) is 18.2 Å². The molecule has 18 heavy (non-hydrogen) atoms. The third-order valence-electron chi connectivity index (χ3n) is 2.76. The molecule has 0 aliphatic rings. The summed E-state index contributed by atoms with van der Waals surface area (Å²) in [6, 6.07) is 14.4. The van der Waals surface area contributed by atoms with E-state index in [9.17, 15) is 0 Å². The van der Waals surface area contributed by atoms with Gasteiger partial charge in [-0.2, -0.15) is 0 Å². The topological polar surface area (TPSA) is 24.9 Å². The van der Waals surface area contributed by atoms with Gasteiger partial charge in [0.1, 0.15) is 0 Å². The molecule has 1 aromatic heterocycles. The lowest BCUT2D eigenvalue weighted by molar-refractivity contribution is 1.01. The van der Waals surface area contributed by atoms with E-state index in [0.717, 1.165) is 30.0 Å². The number of aryl methyl sites for hydroxylation is 2. The van der Waals surface area contributed by atoms with Crippen LogP contribution in [0.4, 0.5) is 5.69 Å². The summed E-state index contributed by atoms with van der Waals surface area (Å²) in [5.74, 6) is 0.667. The van der Waals surface area contributed by atoms with Crippen molar-refractivity contribution >= 4 is 17.3 Å². The fourth-order valence-electron chi connectivity index (χ4n) is 1.79. The SMILES string of the molecule is Cc1cccc(CNc2ccc(CCCl)cc2)n1. The maximum absolute atomic E-state index is 5.71. The molecule has 0 atom stereocenters. The van der Waals surface area contributed by atoms with Crippen LogP contribution in [0.25, 0.3) is 0 Å². The third-order valence-corrected chi connectivity index (χ3v) is 2.95. The first-order valence-corrected chi connectivity index (χ1v) is 6.63. The Morgan fingerprint density at radius 1 is 1.11 bits per heavy atom. The second kappa shape index (κ2) is 6.41. The van der Waals surface area contributed by atoms with Crippen LogP contribution in [-0.4, -0.2) is 10.9 Å². The molecule has 0 spiro atoms. The van der Waals surface area contributed by atoms with Crippen LogP contribution < -0.4 is 5.32 Å². The van der Waals surface area contributed by atoms with Gasteiger partial charge in [0.25, 0.3) is 0 Å². The van der Waals surface area contributed by atoms with Crippen LogP contribution in [0.15, 0.2) is 42.5 Å². The van der Waals surface area contributed by atoms with Gasteiger partial charge in [-0.05, 0) is 43.2 Å². The number of rotatable bonds is 5. The van der Waals surface area contributed by atoms with Crippen LogP contribution in [0.2, 0.25) is 0 Å². The van der Waals surface area contributed by atoms with Crippen LogP contribution in [0.1, 0.15) is 17.0 Å². The highest BCUT2D eigenvalue weighted by Crippen LogP contribution is 2.11. The second-order valence-electron chi connectivity index (χ2n) is 4.26. The molecule has 1 N–H and O–H groups in total. The average Bonchev–Trinajstić information content (AvgIpc) is 2.38. The molecule has 3 heteroatoms. The van der Waals surface area contributed by atoms with Crippen molar-refractivity contribution in [1.82, 2.24) is 4.98 Å². The minimum absolute atomic E-state index is 0.667. The number of benzene rings is 1. The second-order valence-corrected chi connectivity index (χ2v) is 4.64. The van der Waals surface area contributed by atoms with Gasteiger partial charge >= 0.3 is 0 Å². The van der Waals surface area contributed by atoms with Gasteiger partial charge in [0.05, 0.1) is 12.2 Å². The van der Waals surface area contributed by atoms with E-state index < -0.39 is 0 Å². The van der Waals surface area contributed by atoms with Crippen molar-refractivity contribution in [3.63, 3.8) is 0 Å². The van der Waals surface area contributed by atoms with Gasteiger partial charge in [-0.25, -0.2) is 0 Å². The van der Waals surface area contributed by atoms with E-state index in [1.165, 1.54) is 5.56 Å². The van der Waals surface area contributed by atoms with Gasteiger partial charge in [0.15, 0.2) is 0 Å². The fourth-order valence-corrected chi connectivity index (χ4v) is 2.01. The summed E-state index contributed by atoms with van der Waals surface area (Å²) < 4.78 is 0. The third kappa shape index (κ3) is 3.74. The Labute approximate surface area is 113 Å². The zero-order valence-corrected chi connectivity index (χ0v) is 11.2. The maximum atomic E-state index is 5.71. The minimum atomic E-state index is 0.667. The Morgan fingerprint density at radius 3 is 2.56 bits per heavy atom. The van der Waals surface area contributed by atoms with E-state index in [0.29, 0.717) is 5.88 Å².